The van der Waals surface area contributed by atoms with Crippen molar-refractivity contribution in [2.45, 2.75) is 12.1 Å². The Labute approximate surface area is 154 Å². The molecule has 6 nitrogen and oxygen atoms in total. The van der Waals surface area contributed by atoms with Crippen molar-refractivity contribution < 1.29 is 9.53 Å². The molecule has 0 radical (unpaired) electrons. The fourth-order valence-corrected chi connectivity index (χ4v) is 3.64. The Balaban J connectivity index is 1.56. The lowest BCUT2D eigenvalue weighted by Crippen LogP contribution is -2.14. The van der Waals surface area contributed by atoms with Crippen molar-refractivity contribution in [2.75, 3.05) is 17.7 Å². The van der Waals surface area contributed by atoms with Crippen LogP contribution >= 0.6 is 23.1 Å². The highest BCUT2D eigenvalue weighted by molar-refractivity contribution is 7.99. The van der Waals surface area contributed by atoms with Crippen molar-refractivity contribution in [2.24, 2.45) is 7.05 Å². The van der Waals surface area contributed by atoms with E-state index >= 15 is 0 Å². The first-order valence-electron chi connectivity index (χ1n) is 7.76. The smallest absolute Gasteiger partial charge is 0.234 e. The first-order valence-corrected chi connectivity index (χ1v) is 9.62. The van der Waals surface area contributed by atoms with Crippen LogP contribution < -0.4 is 10.1 Å². The van der Waals surface area contributed by atoms with Gasteiger partial charge in [0.15, 0.2) is 11.0 Å². The predicted octanol–water partition coefficient (Wildman–Crippen LogP) is 3.67. The van der Waals surface area contributed by atoms with Gasteiger partial charge in [-0.25, -0.2) is 0 Å². The van der Waals surface area contributed by atoms with Crippen molar-refractivity contribution in [1.29, 1.82) is 0 Å². The molecule has 1 aromatic carbocycles. The van der Waals surface area contributed by atoms with Gasteiger partial charge in [0.25, 0.3) is 0 Å². The minimum Gasteiger partial charge on any atom is -0.494 e. The zero-order valence-electron chi connectivity index (χ0n) is 13.9. The number of carbonyl (C=O) groups excluding carboxylic acids is 1. The lowest BCUT2D eigenvalue weighted by atomic mass is 10.3. The van der Waals surface area contributed by atoms with Gasteiger partial charge >= 0.3 is 0 Å². The highest BCUT2D eigenvalue weighted by atomic mass is 32.2. The monoisotopic (exact) mass is 374 g/mol. The number of thiophene rings is 1. The Morgan fingerprint density at radius 2 is 2.08 bits per heavy atom. The average molecular weight is 374 g/mol. The molecule has 25 heavy (non-hydrogen) atoms. The largest absolute Gasteiger partial charge is 0.494 e. The van der Waals surface area contributed by atoms with Gasteiger partial charge < -0.3 is 14.6 Å². The molecular weight excluding hydrogens is 356 g/mol. The van der Waals surface area contributed by atoms with E-state index in [4.69, 9.17) is 4.74 Å². The van der Waals surface area contributed by atoms with Crippen LogP contribution in [-0.4, -0.2) is 33.0 Å². The second kappa shape index (κ2) is 8.17. The van der Waals surface area contributed by atoms with Crippen LogP contribution in [0.1, 0.15) is 6.92 Å². The van der Waals surface area contributed by atoms with Crippen molar-refractivity contribution in [3.8, 4) is 16.5 Å². The molecule has 1 amide bonds. The van der Waals surface area contributed by atoms with Gasteiger partial charge in [0.2, 0.25) is 5.91 Å². The number of benzene rings is 1. The second-order valence-corrected chi connectivity index (χ2v) is 7.03. The fraction of sp³-hybridized carbons (Fsp3) is 0.235. The van der Waals surface area contributed by atoms with E-state index in [-0.39, 0.29) is 11.7 Å². The topological polar surface area (TPSA) is 69.0 Å². The summed E-state index contributed by atoms with van der Waals surface area (Å²) in [6, 6.07) is 11.3. The third-order valence-corrected chi connectivity index (χ3v) is 5.24. The molecule has 8 heteroatoms. The van der Waals surface area contributed by atoms with Gasteiger partial charge in [0, 0.05) is 12.7 Å². The number of amides is 1. The zero-order chi connectivity index (χ0) is 17.6. The number of rotatable bonds is 7. The summed E-state index contributed by atoms with van der Waals surface area (Å²) in [6.45, 7) is 2.55. The Morgan fingerprint density at radius 1 is 1.28 bits per heavy atom. The zero-order valence-corrected chi connectivity index (χ0v) is 15.6. The number of ether oxygens (including phenoxy) is 1. The maximum absolute atomic E-state index is 12.1. The second-order valence-electron chi connectivity index (χ2n) is 5.14. The SMILES string of the molecule is CCOc1ccc(NC(=O)CSc2nnc(-c3cccs3)n2C)cc1. The summed E-state index contributed by atoms with van der Waals surface area (Å²) < 4.78 is 7.29. The van der Waals surface area contributed by atoms with Crippen molar-refractivity contribution in [1.82, 2.24) is 14.8 Å². The molecule has 0 aliphatic heterocycles. The molecule has 0 atom stereocenters. The van der Waals surface area contributed by atoms with Gasteiger partial charge in [0.1, 0.15) is 5.75 Å². The van der Waals surface area contributed by atoms with Crippen molar-refractivity contribution in [3.05, 3.63) is 41.8 Å². The van der Waals surface area contributed by atoms with E-state index in [0.29, 0.717) is 11.8 Å². The van der Waals surface area contributed by atoms with Gasteiger partial charge in [-0.15, -0.1) is 21.5 Å². The molecule has 0 aliphatic carbocycles. The Morgan fingerprint density at radius 3 is 2.76 bits per heavy atom. The molecule has 0 bridgehead atoms. The minimum atomic E-state index is -0.0881. The molecular formula is C17H18N4O2S2. The third-order valence-electron chi connectivity index (χ3n) is 3.36. The summed E-state index contributed by atoms with van der Waals surface area (Å²) >= 11 is 2.97. The Bertz CT molecular complexity index is 829. The number of hydrogen-bond acceptors (Lipinski definition) is 6. The summed E-state index contributed by atoms with van der Waals surface area (Å²) in [6.07, 6.45) is 0. The van der Waals surface area contributed by atoms with E-state index < -0.39 is 0 Å². The van der Waals surface area contributed by atoms with Crippen LogP contribution in [0.5, 0.6) is 5.75 Å². The van der Waals surface area contributed by atoms with Crippen LogP contribution in [0, 0.1) is 0 Å². The van der Waals surface area contributed by atoms with E-state index in [1.165, 1.54) is 11.8 Å². The van der Waals surface area contributed by atoms with E-state index in [1.807, 2.05) is 60.3 Å². The van der Waals surface area contributed by atoms with Crippen molar-refractivity contribution in [3.63, 3.8) is 0 Å². The number of nitrogens with zero attached hydrogens (tertiary/aromatic N) is 3. The lowest BCUT2D eigenvalue weighted by Gasteiger charge is -2.07. The summed E-state index contributed by atoms with van der Waals surface area (Å²) in [5, 5.41) is 14.0. The number of thioether (sulfide) groups is 1. The number of nitrogens with one attached hydrogen (secondary N) is 1. The Kier molecular flexibility index (Phi) is 5.72. The molecule has 0 fully saturated rings. The van der Waals surface area contributed by atoms with Crippen LogP contribution in [0.25, 0.3) is 10.7 Å². The van der Waals surface area contributed by atoms with Crippen molar-refractivity contribution >= 4 is 34.7 Å². The minimum absolute atomic E-state index is 0.0881. The maximum Gasteiger partial charge on any atom is 0.234 e. The van der Waals surface area contributed by atoms with Crippen LogP contribution in [0.3, 0.4) is 0 Å². The van der Waals surface area contributed by atoms with E-state index in [0.717, 1.165) is 22.1 Å². The van der Waals surface area contributed by atoms with Crippen LogP contribution in [0.2, 0.25) is 0 Å². The highest BCUT2D eigenvalue weighted by Crippen LogP contribution is 2.26. The van der Waals surface area contributed by atoms with Gasteiger partial charge in [-0.05, 0) is 42.6 Å². The molecule has 130 valence electrons. The van der Waals surface area contributed by atoms with Gasteiger partial charge in [-0.3, -0.25) is 4.79 Å². The number of aromatic nitrogens is 3. The molecule has 3 aromatic rings. The van der Waals surface area contributed by atoms with Crippen LogP contribution in [0.4, 0.5) is 5.69 Å². The molecule has 0 saturated heterocycles. The van der Waals surface area contributed by atoms with Gasteiger partial charge in [0.05, 0.1) is 17.2 Å². The maximum atomic E-state index is 12.1. The summed E-state index contributed by atoms with van der Waals surface area (Å²) in [5.74, 6) is 1.78. The molecule has 3 rings (SSSR count). The molecule has 0 spiro atoms. The van der Waals surface area contributed by atoms with Crippen LogP contribution in [0.15, 0.2) is 46.9 Å². The molecule has 0 saturated carbocycles. The van der Waals surface area contributed by atoms with E-state index in [1.54, 1.807) is 11.3 Å². The summed E-state index contributed by atoms with van der Waals surface area (Å²) in [7, 11) is 1.90. The molecule has 2 heterocycles. The molecule has 0 unspecified atom stereocenters. The van der Waals surface area contributed by atoms with Gasteiger partial charge in [-0.1, -0.05) is 17.8 Å². The summed E-state index contributed by atoms with van der Waals surface area (Å²) in [5.41, 5.74) is 0.742. The number of anilines is 1. The molecule has 0 aliphatic rings. The lowest BCUT2D eigenvalue weighted by molar-refractivity contribution is -0.113. The highest BCUT2D eigenvalue weighted by Gasteiger charge is 2.13. The van der Waals surface area contributed by atoms with Gasteiger partial charge in [-0.2, -0.15) is 0 Å². The normalized spacial score (nSPS) is 10.6. The summed E-state index contributed by atoms with van der Waals surface area (Å²) in [4.78, 5) is 13.2. The standard InChI is InChI=1S/C17H18N4O2S2/c1-3-23-13-8-6-12(7-9-13)18-15(22)11-25-17-20-19-16(21(17)2)14-5-4-10-24-14/h4-10H,3,11H2,1-2H3,(H,18,22). The van der Waals surface area contributed by atoms with E-state index in [9.17, 15) is 4.79 Å². The fourth-order valence-electron chi connectivity index (χ4n) is 2.19. The predicted molar refractivity (Wildman–Crippen MR) is 101 cm³/mol. The quantitative estimate of drug-likeness (QED) is 0.639. The van der Waals surface area contributed by atoms with E-state index in [2.05, 4.69) is 15.5 Å². The first-order chi connectivity index (χ1) is 12.2. The average Bonchev–Trinajstić information content (AvgIpc) is 3.25. The molecule has 2 aromatic heterocycles. The number of carbonyl (C=O) groups is 1. The first kappa shape index (κ1) is 17.5. The third kappa shape index (κ3) is 4.40. The molecule has 1 N–H and O–H groups in total. The number of hydrogen-bond donors (Lipinski definition) is 1. The Hall–Kier alpha value is -2.32. The van der Waals surface area contributed by atoms with Crippen LogP contribution in [-0.2, 0) is 11.8 Å².